The molecule has 0 unspecified atom stereocenters. The molecule has 0 saturated carbocycles. The van der Waals surface area contributed by atoms with Crippen LogP contribution in [0.15, 0.2) is 47.4 Å². The highest BCUT2D eigenvalue weighted by Crippen LogP contribution is 2.38. The van der Waals surface area contributed by atoms with E-state index < -0.39 is 0 Å². The summed E-state index contributed by atoms with van der Waals surface area (Å²) in [7, 11) is 0. The van der Waals surface area contributed by atoms with E-state index in [1.165, 1.54) is 6.07 Å². The number of amides is 2. The molecule has 0 aliphatic carbocycles. The normalized spacial score (nSPS) is 17.0. The summed E-state index contributed by atoms with van der Waals surface area (Å²) in [5.74, 6) is -0.319. The van der Waals surface area contributed by atoms with Crippen LogP contribution >= 0.6 is 11.8 Å². The number of hydrogen-bond donors (Lipinski definition) is 1. The molecule has 0 saturated heterocycles. The van der Waals surface area contributed by atoms with Crippen molar-refractivity contribution in [3.63, 3.8) is 0 Å². The van der Waals surface area contributed by atoms with Gasteiger partial charge in [-0.1, -0.05) is 25.1 Å². The lowest BCUT2D eigenvalue weighted by Crippen LogP contribution is -2.41. The van der Waals surface area contributed by atoms with E-state index in [4.69, 9.17) is 0 Å². The maximum Gasteiger partial charge on any atom is 0.326 e. The molecule has 1 heterocycles. The van der Waals surface area contributed by atoms with Gasteiger partial charge in [0.1, 0.15) is 5.82 Å². The number of urea groups is 1. The summed E-state index contributed by atoms with van der Waals surface area (Å²) in [6.45, 7) is 4.41. The van der Waals surface area contributed by atoms with Gasteiger partial charge in [-0.2, -0.15) is 0 Å². The number of benzene rings is 2. The van der Waals surface area contributed by atoms with E-state index in [0.717, 1.165) is 10.6 Å². The Bertz CT molecular complexity index is 720. The standard InChI is InChI=1S/C17H17FN2OS/c1-11-7-8-13(9-14(11)18)19-17(21)20-10-12(2)22-16-6-4-3-5-15(16)20/h3-9,12H,10H2,1-2H3,(H,19,21)/t12-/m1/s1. The number of fused-ring (bicyclic) bond motifs is 1. The predicted octanol–water partition coefficient (Wildman–Crippen LogP) is 4.67. The number of anilines is 2. The fourth-order valence-electron chi connectivity index (χ4n) is 2.44. The summed E-state index contributed by atoms with van der Waals surface area (Å²) < 4.78 is 13.6. The van der Waals surface area contributed by atoms with Crippen molar-refractivity contribution in [2.75, 3.05) is 16.8 Å². The lowest BCUT2D eigenvalue weighted by Gasteiger charge is -2.32. The molecule has 1 N–H and O–H groups in total. The predicted molar refractivity (Wildman–Crippen MR) is 89.3 cm³/mol. The summed E-state index contributed by atoms with van der Waals surface area (Å²) >= 11 is 1.76. The van der Waals surface area contributed by atoms with Gasteiger partial charge in [-0.3, -0.25) is 4.90 Å². The van der Waals surface area contributed by atoms with Gasteiger partial charge in [0.2, 0.25) is 0 Å². The van der Waals surface area contributed by atoms with Crippen molar-refractivity contribution in [2.45, 2.75) is 24.0 Å². The third-order valence-electron chi connectivity index (χ3n) is 3.59. The molecule has 0 bridgehead atoms. The Morgan fingerprint density at radius 3 is 2.86 bits per heavy atom. The van der Waals surface area contributed by atoms with Crippen LogP contribution in [0, 0.1) is 12.7 Å². The average molecular weight is 316 g/mol. The number of nitrogens with one attached hydrogen (secondary N) is 1. The van der Waals surface area contributed by atoms with Crippen LogP contribution in [0.4, 0.5) is 20.6 Å². The van der Waals surface area contributed by atoms with Gasteiger partial charge >= 0.3 is 6.03 Å². The third-order valence-corrected chi connectivity index (χ3v) is 4.74. The monoisotopic (exact) mass is 316 g/mol. The second kappa shape index (κ2) is 6.01. The molecule has 5 heteroatoms. The first-order valence-corrected chi connectivity index (χ1v) is 8.03. The summed E-state index contributed by atoms with van der Waals surface area (Å²) in [4.78, 5) is 15.4. The van der Waals surface area contributed by atoms with Crippen LogP contribution < -0.4 is 10.2 Å². The first-order valence-electron chi connectivity index (χ1n) is 7.15. The molecule has 22 heavy (non-hydrogen) atoms. The summed E-state index contributed by atoms with van der Waals surface area (Å²) in [6, 6.07) is 12.3. The lowest BCUT2D eigenvalue weighted by atomic mass is 10.2. The highest BCUT2D eigenvalue weighted by Gasteiger charge is 2.26. The van der Waals surface area contributed by atoms with Crippen LogP contribution in [0.1, 0.15) is 12.5 Å². The zero-order valence-corrected chi connectivity index (χ0v) is 13.3. The van der Waals surface area contributed by atoms with E-state index in [9.17, 15) is 9.18 Å². The lowest BCUT2D eigenvalue weighted by molar-refractivity contribution is 0.256. The minimum atomic E-state index is -0.319. The number of carbonyl (C=O) groups is 1. The number of halogens is 1. The van der Waals surface area contributed by atoms with Crippen LogP contribution in [0.2, 0.25) is 0 Å². The Hall–Kier alpha value is -2.01. The maximum absolute atomic E-state index is 13.6. The number of nitrogens with zero attached hydrogens (tertiary/aromatic N) is 1. The SMILES string of the molecule is Cc1ccc(NC(=O)N2C[C@@H](C)Sc3ccccc32)cc1F. The molecule has 1 atom stereocenters. The minimum absolute atomic E-state index is 0.233. The molecule has 3 nitrogen and oxygen atoms in total. The first kappa shape index (κ1) is 14.9. The number of para-hydroxylation sites is 1. The molecule has 1 aliphatic rings. The average Bonchev–Trinajstić information content (AvgIpc) is 2.50. The van der Waals surface area contributed by atoms with E-state index in [-0.39, 0.29) is 11.8 Å². The molecule has 2 aromatic carbocycles. The fraction of sp³-hybridized carbons (Fsp3) is 0.235. The van der Waals surface area contributed by atoms with Gasteiger partial charge in [-0.05, 0) is 36.8 Å². The number of aryl methyl sites for hydroxylation is 1. The Balaban J connectivity index is 1.84. The Kier molecular flexibility index (Phi) is 4.07. The topological polar surface area (TPSA) is 32.3 Å². The molecule has 2 amide bonds. The van der Waals surface area contributed by atoms with Crippen molar-refractivity contribution in [3.8, 4) is 0 Å². The second-order valence-electron chi connectivity index (χ2n) is 5.40. The molecule has 114 valence electrons. The first-order chi connectivity index (χ1) is 10.5. The number of hydrogen-bond acceptors (Lipinski definition) is 2. The van der Waals surface area contributed by atoms with Crippen molar-refractivity contribution >= 4 is 29.2 Å². The number of carbonyl (C=O) groups excluding carboxylic acids is 1. The highest BCUT2D eigenvalue weighted by atomic mass is 32.2. The van der Waals surface area contributed by atoms with Crippen molar-refractivity contribution in [3.05, 3.63) is 53.8 Å². The summed E-state index contributed by atoms with van der Waals surface area (Å²) in [5, 5.41) is 3.09. The largest absolute Gasteiger partial charge is 0.326 e. The second-order valence-corrected chi connectivity index (χ2v) is 6.88. The molecule has 0 aromatic heterocycles. The number of thioether (sulfide) groups is 1. The molecule has 0 radical (unpaired) electrons. The highest BCUT2D eigenvalue weighted by molar-refractivity contribution is 8.00. The summed E-state index contributed by atoms with van der Waals surface area (Å²) in [6.07, 6.45) is 0. The van der Waals surface area contributed by atoms with Gasteiger partial charge in [0, 0.05) is 22.4 Å². The van der Waals surface area contributed by atoms with Gasteiger partial charge in [0.25, 0.3) is 0 Å². The van der Waals surface area contributed by atoms with Gasteiger partial charge in [-0.15, -0.1) is 11.8 Å². The van der Waals surface area contributed by atoms with E-state index in [1.807, 2.05) is 24.3 Å². The summed E-state index contributed by atoms with van der Waals surface area (Å²) in [5.41, 5.74) is 1.93. The molecule has 1 aliphatic heterocycles. The van der Waals surface area contributed by atoms with Gasteiger partial charge in [0.15, 0.2) is 0 Å². The molecule has 3 rings (SSSR count). The molecule has 2 aromatic rings. The van der Waals surface area contributed by atoms with E-state index >= 15 is 0 Å². The Morgan fingerprint density at radius 2 is 2.09 bits per heavy atom. The van der Waals surface area contributed by atoms with E-state index in [1.54, 1.807) is 35.7 Å². The Morgan fingerprint density at radius 1 is 1.32 bits per heavy atom. The number of rotatable bonds is 1. The van der Waals surface area contributed by atoms with Crippen molar-refractivity contribution in [1.82, 2.24) is 0 Å². The third kappa shape index (κ3) is 2.95. The van der Waals surface area contributed by atoms with E-state index in [2.05, 4.69) is 12.2 Å². The Labute approximate surface area is 133 Å². The zero-order valence-electron chi connectivity index (χ0n) is 12.5. The quantitative estimate of drug-likeness (QED) is 0.829. The molecular weight excluding hydrogens is 299 g/mol. The fourth-order valence-corrected chi connectivity index (χ4v) is 3.56. The van der Waals surface area contributed by atoms with Crippen molar-refractivity contribution in [1.29, 1.82) is 0 Å². The van der Waals surface area contributed by atoms with E-state index in [0.29, 0.717) is 23.0 Å². The van der Waals surface area contributed by atoms with Crippen LogP contribution in [0.25, 0.3) is 0 Å². The molecule has 0 spiro atoms. The maximum atomic E-state index is 13.6. The van der Waals surface area contributed by atoms with Crippen LogP contribution in [0.5, 0.6) is 0 Å². The zero-order chi connectivity index (χ0) is 15.7. The smallest absolute Gasteiger partial charge is 0.307 e. The molecular formula is C17H17FN2OS. The van der Waals surface area contributed by atoms with Gasteiger partial charge < -0.3 is 5.32 Å². The van der Waals surface area contributed by atoms with Crippen LogP contribution in [0.3, 0.4) is 0 Å². The van der Waals surface area contributed by atoms with Gasteiger partial charge in [-0.25, -0.2) is 9.18 Å². The van der Waals surface area contributed by atoms with Crippen LogP contribution in [-0.2, 0) is 0 Å². The van der Waals surface area contributed by atoms with Crippen LogP contribution in [-0.4, -0.2) is 17.8 Å². The minimum Gasteiger partial charge on any atom is -0.307 e. The van der Waals surface area contributed by atoms with Crippen molar-refractivity contribution in [2.24, 2.45) is 0 Å². The van der Waals surface area contributed by atoms with Crippen molar-refractivity contribution < 1.29 is 9.18 Å². The van der Waals surface area contributed by atoms with Gasteiger partial charge in [0.05, 0.1) is 5.69 Å². The molecule has 0 fully saturated rings.